The van der Waals surface area contributed by atoms with Crippen molar-refractivity contribution in [2.45, 2.75) is 39.7 Å². The first kappa shape index (κ1) is 10.7. The van der Waals surface area contributed by atoms with E-state index in [2.05, 4.69) is 30.0 Å². The van der Waals surface area contributed by atoms with Gasteiger partial charge in [-0.15, -0.1) is 0 Å². The molecule has 2 heterocycles. The Bertz CT molecular complexity index is 319. The highest BCUT2D eigenvalue weighted by atomic mass is 16.5. The number of aromatic nitrogens is 1. The van der Waals surface area contributed by atoms with Gasteiger partial charge in [0.2, 0.25) is 0 Å². The molecule has 0 aromatic carbocycles. The lowest BCUT2D eigenvalue weighted by Gasteiger charge is -2.24. The number of aryl methyl sites for hydroxylation is 1. The maximum atomic E-state index is 5.15. The van der Waals surface area contributed by atoms with Crippen LogP contribution < -0.4 is 0 Å². The molecule has 1 atom stereocenters. The molecule has 1 fully saturated rings. The zero-order valence-electron chi connectivity index (χ0n) is 9.86. The van der Waals surface area contributed by atoms with Crippen molar-refractivity contribution in [3.63, 3.8) is 0 Å². The lowest BCUT2D eigenvalue weighted by atomic mass is 10.1. The molecule has 0 radical (unpaired) electrons. The largest absolute Gasteiger partial charge is 0.361 e. The zero-order chi connectivity index (χ0) is 10.8. The normalized spacial score (nSPS) is 22.8. The molecule has 3 heteroatoms. The van der Waals surface area contributed by atoms with Crippen LogP contribution in [0.1, 0.15) is 44.2 Å². The van der Waals surface area contributed by atoms with Crippen molar-refractivity contribution in [1.29, 1.82) is 0 Å². The Kier molecular flexibility index (Phi) is 3.10. The molecule has 0 spiro atoms. The van der Waals surface area contributed by atoms with Crippen molar-refractivity contribution in [2.24, 2.45) is 5.92 Å². The minimum absolute atomic E-state index is 0.491. The molecule has 0 saturated carbocycles. The predicted molar refractivity (Wildman–Crippen MR) is 59.6 cm³/mol. The van der Waals surface area contributed by atoms with Crippen LogP contribution in [0.4, 0.5) is 0 Å². The summed E-state index contributed by atoms with van der Waals surface area (Å²) in [5.41, 5.74) is 1.12. The molecule has 84 valence electrons. The molecule has 15 heavy (non-hydrogen) atoms. The van der Waals surface area contributed by atoms with Crippen LogP contribution in [0.2, 0.25) is 0 Å². The number of nitrogens with zero attached hydrogens (tertiary/aromatic N) is 2. The topological polar surface area (TPSA) is 29.3 Å². The van der Waals surface area contributed by atoms with E-state index in [4.69, 9.17) is 4.52 Å². The van der Waals surface area contributed by atoms with Gasteiger partial charge in [0.15, 0.2) is 0 Å². The van der Waals surface area contributed by atoms with Crippen molar-refractivity contribution in [3.05, 3.63) is 17.5 Å². The third kappa shape index (κ3) is 2.40. The lowest BCUT2D eigenvalue weighted by molar-refractivity contribution is 0.219. The van der Waals surface area contributed by atoms with E-state index in [1.54, 1.807) is 0 Å². The molecular formula is C12H20N2O. The highest BCUT2D eigenvalue weighted by Gasteiger charge is 2.28. The molecule has 1 aliphatic rings. The van der Waals surface area contributed by atoms with E-state index in [1.165, 1.54) is 19.4 Å². The third-order valence-electron chi connectivity index (χ3n) is 2.95. The minimum atomic E-state index is 0.491. The summed E-state index contributed by atoms with van der Waals surface area (Å²) in [7, 11) is 0. The lowest BCUT2D eigenvalue weighted by Crippen LogP contribution is -2.27. The monoisotopic (exact) mass is 208 g/mol. The Labute approximate surface area is 91.4 Å². The summed E-state index contributed by atoms with van der Waals surface area (Å²) in [4.78, 5) is 2.53. The van der Waals surface area contributed by atoms with Crippen molar-refractivity contribution < 1.29 is 4.52 Å². The van der Waals surface area contributed by atoms with Crippen molar-refractivity contribution in [1.82, 2.24) is 10.1 Å². The first-order chi connectivity index (χ1) is 7.16. The maximum Gasteiger partial charge on any atom is 0.133 e. The van der Waals surface area contributed by atoms with Gasteiger partial charge in [0, 0.05) is 12.6 Å². The minimum Gasteiger partial charge on any atom is -0.361 e. The molecule has 1 aromatic rings. The van der Waals surface area contributed by atoms with Crippen molar-refractivity contribution in [2.75, 3.05) is 13.1 Å². The van der Waals surface area contributed by atoms with Gasteiger partial charge in [-0.2, -0.15) is 0 Å². The second-order valence-electron chi connectivity index (χ2n) is 4.91. The molecule has 0 N–H and O–H groups in total. The Morgan fingerprint density at radius 3 is 3.00 bits per heavy atom. The van der Waals surface area contributed by atoms with Crippen molar-refractivity contribution in [3.8, 4) is 0 Å². The first-order valence-corrected chi connectivity index (χ1v) is 5.84. The van der Waals surface area contributed by atoms with Crippen LogP contribution in [-0.2, 0) is 0 Å². The molecule has 1 aromatic heterocycles. The van der Waals surface area contributed by atoms with Crippen molar-refractivity contribution >= 4 is 0 Å². The Hall–Kier alpha value is -0.830. The summed E-state index contributed by atoms with van der Waals surface area (Å²) in [6, 6.07) is 2.56. The summed E-state index contributed by atoms with van der Waals surface area (Å²) in [6.07, 6.45) is 2.50. The van der Waals surface area contributed by atoms with E-state index in [-0.39, 0.29) is 0 Å². The fraction of sp³-hybridized carbons (Fsp3) is 0.750. The predicted octanol–water partition coefficient (Wildman–Crippen LogP) is 2.78. The van der Waals surface area contributed by atoms with Gasteiger partial charge in [0.1, 0.15) is 11.5 Å². The SMILES string of the molecule is Cc1cc(C2CCCN2CC(C)C)no1. The zero-order valence-corrected chi connectivity index (χ0v) is 9.86. The van der Waals surface area contributed by atoms with Crippen LogP contribution >= 0.6 is 0 Å². The van der Waals surface area contributed by atoms with E-state index in [1.807, 2.05) is 6.92 Å². The van der Waals surface area contributed by atoms with Gasteiger partial charge in [-0.1, -0.05) is 19.0 Å². The third-order valence-corrected chi connectivity index (χ3v) is 2.95. The highest BCUT2D eigenvalue weighted by Crippen LogP contribution is 2.31. The molecule has 3 nitrogen and oxygen atoms in total. The van der Waals surface area contributed by atoms with E-state index in [0.29, 0.717) is 6.04 Å². The van der Waals surface area contributed by atoms with E-state index in [9.17, 15) is 0 Å². The molecule has 1 unspecified atom stereocenters. The highest BCUT2D eigenvalue weighted by molar-refractivity contribution is 5.10. The van der Waals surface area contributed by atoms with Gasteiger partial charge < -0.3 is 4.52 Å². The van der Waals surface area contributed by atoms with Crippen LogP contribution in [0.3, 0.4) is 0 Å². The number of hydrogen-bond acceptors (Lipinski definition) is 3. The van der Waals surface area contributed by atoms with Gasteiger partial charge in [-0.05, 0) is 32.2 Å². The number of likely N-dealkylation sites (tertiary alicyclic amines) is 1. The van der Waals surface area contributed by atoms with Crippen LogP contribution in [0, 0.1) is 12.8 Å². The molecule has 0 aliphatic carbocycles. The number of rotatable bonds is 3. The second kappa shape index (κ2) is 4.35. The van der Waals surface area contributed by atoms with Crippen LogP contribution in [0.25, 0.3) is 0 Å². The van der Waals surface area contributed by atoms with Gasteiger partial charge >= 0.3 is 0 Å². The summed E-state index contributed by atoms with van der Waals surface area (Å²) in [6.45, 7) is 8.86. The molecule has 0 bridgehead atoms. The van der Waals surface area contributed by atoms with E-state index in [0.717, 1.165) is 23.9 Å². The fourth-order valence-corrected chi connectivity index (χ4v) is 2.39. The molecule has 1 saturated heterocycles. The van der Waals surface area contributed by atoms with Gasteiger partial charge in [0.05, 0.1) is 6.04 Å². The molecular weight excluding hydrogens is 188 g/mol. The number of hydrogen-bond donors (Lipinski definition) is 0. The quantitative estimate of drug-likeness (QED) is 0.765. The first-order valence-electron chi connectivity index (χ1n) is 5.84. The summed E-state index contributed by atoms with van der Waals surface area (Å²) in [5, 5.41) is 4.14. The van der Waals surface area contributed by atoms with E-state index < -0.39 is 0 Å². The molecule has 0 amide bonds. The summed E-state index contributed by atoms with van der Waals surface area (Å²) >= 11 is 0. The smallest absolute Gasteiger partial charge is 0.133 e. The Balaban J connectivity index is 2.07. The fourth-order valence-electron chi connectivity index (χ4n) is 2.39. The van der Waals surface area contributed by atoms with Crippen LogP contribution in [0.5, 0.6) is 0 Å². The standard InChI is InChI=1S/C12H20N2O/c1-9(2)8-14-6-4-5-12(14)11-7-10(3)15-13-11/h7,9,12H,4-6,8H2,1-3H3. The molecule has 2 rings (SSSR count). The van der Waals surface area contributed by atoms with Gasteiger partial charge in [-0.3, -0.25) is 4.90 Å². The van der Waals surface area contributed by atoms with E-state index >= 15 is 0 Å². The second-order valence-corrected chi connectivity index (χ2v) is 4.91. The van der Waals surface area contributed by atoms with Gasteiger partial charge in [-0.25, -0.2) is 0 Å². The average molecular weight is 208 g/mol. The van der Waals surface area contributed by atoms with Gasteiger partial charge in [0.25, 0.3) is 0 Å². The Morgan fingerprint density at radius 2 is 2.40 bits per heavy atom. The summed E-state index contributed by atoms with van der Waals surface area (Å²) in [5.74, 6) is 1.64. The van der Waals surface area contributed by atoms with Crippen LogP contribution in [-0.4, -0.2) is 23.1 Å². The molecule has 1 aliphatic heterocycles. The van der Waals surface area contributed by atoms with Crippen LogP contribution in [0.15, 0.2) is 10.6 Å². The maximum absolute atomic E-state index is 5.15. The summed E-state index contributed by atoms with van der Waals surface area (Å²) < 4.78 is 5.15. The average Bonchev–Trinajstić information content (AvgIpc) is 2.72. The Morgan fingerprint density at radius 1 is 1.60 bits per heavy atom.